The lowest BCUT2D eigenvalue weighted by atomic mass is 10.1. The second-order valence-electron chi connectivity index (χ2n) is 14.5. The number of quaternary nitrogens is 1. The van der Waals surface area contributed by atoms with Crippen molar-refractivity contribution in [3.63, 3.8) is 0 Å². The first-order valence-corrected chi connectivity index (χ1v) is 20.2. The lowest BCUT2D eigenvalue weighted by molar-refractivity contribution is -0.887. The molecule has 0 heterocycles. The van der Waals surface area contributed by atoms with E-state index in [1.54, 1.807) is 0 Å². The SMILES string of the molecule is CC/C=C/C/C=C/CCC(=O)OCC(COCCC(C(=O)O)[N+](C)(C)C)OC(=O)CCCCCCCCCCCC/C=C/C=C/CCCCCC. The minimum Gasteiger partial charge on any atom is -0.477 e. The lowest BCUT2D eigenvalue weighted by Crippen LogP contribution is -2.50. The van der Waals surface area contributed by atoms with E-state index in [4.69, 9.17) is 14.2 Å². The normalized spacial score (nSPS) is 13.5. The second-order valence-corrected chi connectivity index (χ2v) is 14.5. The Labute approximate surface area is 312 Å². The van der Waals surface area contributed by atoms with Crippen LogP contribution >= 0.6 is 0 Å². The van der Waals surface area contributed by atoms with E-state index in [-0.39, 0.29) is 42.7 Å². The molecule has 8 heteroatoms. The van der Waals surface area contributed by atoms with Gasteiger partial charge in [-0.25, -0.2) is 4.79 Å². The number of hydrogen-bond donors (Lipinski definition) is 1. The maximum absolute atomic E-state index is 12.7. The van der Waals surface area contributed by atoms with Gasteiger partial charge in [-0.15, -0.1) is 0 Å². The van der Waals surface area contributed by atoms with E-state index in [9.17, 15) is 19.5 Å². The zero-order chi connectivity index (χ0) is 37.8. The number of likely N-dealkylation sites (N-methyl/N-ethyl adjacent to an activating group) is 1. The van der Waals surface area contributed by atoms with Crippen LogP contribution in [0.4, 0.5) is 0 Å². The number of nitrogens with zero attached hydrogens (tertiary/aromatic N) is 1. The number of ether oxygens (including phenoxy) is 3. The second kappa shape index (κ2) is 34.4. The summed E-state index contributed by atoms with van der Waals surface area (Å²) in [6.07, 6.45) is 39.1. The van der Waals surface area contributed by atoms with Gasteiger partial charge in [-0.1, -0.05) is 133 Å². The van der Waals surface area contributed by atoms with Crippen LogP contribution in [-0.4, -0.2) is 80.6 Å². The molecule has 2 atom stereocenters. The molecule has 0 aromatic carbocycles. The number of allylic oxidation sites excluding steroid dienone is 8. The number of hydrogen-bond acceptors (Lipinski definition) is 6. The van der Waals surface area contributed by atoms with Gasteiger partial charge in [-0.2, -0.15) is 0 Å². The number of unbranched alkanes of at least 4 members (excludes halogenated alkanes) is 14. The van der Waals surface area contributed by atoms with Crippen molar-refractivity contribution in [1.29, 1.82) is 0 Å². The summed E-state index contributed by atoms with van der Waals surface area (Å²) in [6, 6.07) is -0.621. The molecule has 0 bridgehead atoms. The summed E-state index contributed by atoms with van der Waals surface area (Å²) < 4.78 is 17.1. The molecule has 0 rings (SSSR count). The van der Waals surface area contributed by atoms with Crippen molar-refractivity contribution in [2.24, 2.45) is 0 Å². The van der Waals surface area contributed by atoms with Crippen molar-refractivity contribution in [2.45, 2.75) is 167 Å². The molecule has 0 amide bonds. The molecule has 0 aliphatic rings. The minimum atomic E-state index is -0.885. The smallest absolute Gasteiger partial charge is 0.362 e. The Hall–Kier alpha value is -2.71. The summed E-state index contributed by atoms with van der Waals surface area (Å²) in [5.74, 6) is -1.57. The van der Waals surface area contributed by atoms with Crippen molar-refractivity contribution in [2.75, 3.05) is 41.0 Å². The van der Waals surface area contributed by atoms with Gasteiger partial charge in [-0.05, 0) is 51.4 Å². The Bertz CT molecular complexity index is 979. The molecule has 0 spiro atoms. The average Bonchev–Trinajstić information content (AvgIpc) is 3.08. The summed E-state index contributed by atoms with van der Waals surface area (Å²) >= 11 is 0. The number of carbonyl (C=O) groups excluding carboxylic acids is 2. The third-order valence-corrected chi connectivity index (χ3v) is 8.75. The van der Waals surface area contributed by atoms with Crippen LogP contribution in [0, 0.1) is 0 Å². The number of carboxylic acid groups (broad SMARTS) is 1. The third kappa shape index (κ3) is 32.9. The first-order valence-electron chi connectivity index (χ1n) is 20.2. The predicted octanol–water partition coefficient (Wildman–Crippen LogP) is 10.5. The summed E-state index contributed by atoms with van der Waals surface area (Å²) in [7, 11) is 5.49. The molecule has 0 aromatic rings. The Morgan fingerprint density at radius 1 is 0.627 bits per heavy atom. The average molecular weight is 719 g/mol. The van der Waals surface area contributed by atoms with E-state index in [2.05, 4.69) is 50.3 Å². The number of carboxylic acids is 1. The molecule has 0 fully saturated rings. The molecular formula is C43H76NO7+. The van der Waals surface area contributed by atoms with Gasteiger partial charge >= 0.3 is 17.9 Å². The first kappa shape index (κ1) is 48.3. The van der Waals surface area contributed by atoms with Crippen LogP contribution in [0.1, 0.15) is 155 Å². The molecule has 2 unspecified atom stereocenters. The number of rotatable bonds is 35. The lowest BCUT2D eigenvalue weighted by Gasteiger charge is -2.31. The maximum atomic E-state index is 12.7. The molecule has 0 radical (unpaired) electrons. The van der Waals surface area contributed by atoms with Crippen molar-refractivity contribution < 1.29 is 38.2 Å². The fourth-order valence-corrected chi connectivity index (χ4v) is 5.61. The number of esters is 2. The van der Waals surface area contributed by atoms with Crippen molar-refractivity contribution in [3.8, 4) is 0 Å². The summed E-state index contributed by atoms with van der Waals surface area (Å²) in [4.78, 5) is 36.6. The van der Waals surface area contributed by atoms with Crippen LogP contribution in [0.2, 0.25) is 0 Å². The van der Waals surface area contributed by atoms with Gasteiger partial charge < -0.3 is 23.8 Å². The highest BCUT2D eigenvalue weighted by Crippen LogP contribution is 2.14. The van der Waals surface area contributed by atoms with Crippen molar-refractivity contribution >= 4 is 17.9 Å². The Morgan fingerprint density at radius 2 is 1.20 bits per heavy atom. The van der Waals surface area contributed by atoms with Crippen molar-refractivity contribution in [3.05, 3.63) is 48.6 Å². The summed E-state index contributed by atoms with van der Waals surface area (Å²) in [5.41, 5.74) is 0. The van der Waals surface area contributed by atoms with Gasteiger partial charge in [0.2, 0.25) is 0 Å². The maximum Gasteiger partial charge on any atom is 0.362 e. The fourth-order valence-electron chi connectivity index (χ4n) is 5.61. The molecular weight excluding hydrogens is 642 g/mol. The van der Waals surface area contributed by atoms with E-state index in [1.807, 2.05) is 33.3 Å². The van der Waals surface area contributed by atoms with E-state index in [0.717, 1.165) is 32.1 Å². The molecule has 8 nitrogen and oxygen atoms in total. The van der Waals surface area contributed by atoms with Crippen LogP contribution in [0.25, 0.3) is 0 Å². The van der Waals surface area contributed by atoms with Gasteiger partial charge in [-0.3, -0.25) is 9.59 Å². The quantitative estimate of drug-likeness (QED) is 0.0229. The fraction of sp³-hybridized carbons (Fsp3) is 0.744. The number of aliphatic carboxylic acids is 1. The van der Waals surface area contributed by atoms with Gasteiger partial charge in [0.25, 0.3) is 0 Å². The van der Waals surface area contributed by atoms with Gasteiger partial charge in [0.15, 0.2) is 12.1 Å². The molecule has 0 saturated heterocycles. The monoisotopic (exact) mass is 719 g/mol. The van der Waals surface area contributed by atoms with Gasteiger partial charge in [0.1, 0.15) is 6.61 Å². The summed E-state index contributed by atoms with van der Waals surface area (Å²) in [6.45, 7) is 4.49. The zero-order valence-electron chi connectivity index (χ0n) is 33.3. The van der Waals surface area contributed by atoms with Crippen LogP contribution in [0.5, 0.6) is 0 Å². The van der Waals surface area contributed by atoms with Crippen LogP contribution in [-0.2, 0) is 28.6 Å². The van der Waals surface area contributed by atoms with Gasteiger partial charge in [0, 0.05) is 19.3 Å². The Kier molecular flexibility index (Phi) is 32.6. The minimum absolute atomic E-state index is 0.0411. The highest BCUT2D eigenvalue weighted by Gasteiger charge is 2.31. The molecule has 51 heavy (non-hydrogen) atoms. The van der Waals surface area contributed by atoms with E-state index >= 15 is 0 Å². The Balaban J connectivity index is 4.28. The molecule has 1 N–H and O–H groups in total. The first-order chi connectivity index (χ1) is 24.6. The molecule has 0 saturated carbocycles. The van der Waals surface area contributed by atoms with Gasteiger partial charge in [0.05, 0.1) is 34.4 Å². The standard InChI is InChI=1S/C43H75NO7/c1-6-8-10-12-14-15-16-17-18-19-20-21-22-23-24-25-26-28-30-32-34-42(46)51-39(37-49-36-35-40(43(47)48)44(3,4)5)38-50-41(45)33-31-29-27-13-11-9-7-2/h9,11,15-18,27,29,39-40H,6-8,10,12-14,19-26,28,30-38H2,1-5H3/p+1/b11-9+,16-15+,18-17+,29-27+. The largest absolute Gasteiger partial charge is 0.477 e. The topological polar surface area (TPSA) is 99.1 Å². The predicted molar refractivity (Wildman–Crippen MR) is 211 cm³/mol. The number of carbonyl (C=O) groups is 3. The Morgan fingerprint density at radius 3 is 1.76 bits per heavy atom. The van der Waals surface area contributed by atoms with E-state index < -0.39 is 18.1 Å². The molecule has 294 valence electrons. The van der Waals surface area contributed by atoms with E-state index in [1.165, 1.54) is 83.5 Å². The molecule has 0 aliphatic carbocycles. The highest BCUT2D eigenvalue weighted by molar-refractivity contribution is 5.72. The zero-order valence-corrected chi connectivity index (χ0v) is 33.3. The van der Waals surface area contributed by atoms with E-state index in [0.29, 0.717) is 19.3 Å². The van der Waals surface area contributed by atoms with Crippen LogP contribution in [0.3, 0.4) is 0 Å². The van der Waals surface area contributed by atoms with Crippen LogP contribution in [0.15, 0.2) is 48.6 Å². The van der Waals surface area contributed by atoms with Crippen LogP contribution < -0.4 is 0 Å². The molecule has 0 aromatic heterocycles. The highest BCUT2D eigenvalue weighted by atomic mass is 16.6. The van der Waals surface area contributed by atoms with Crippen molar-refractivity contribution in [1.82, 2.24) is 0 Å². The molecule has 0 aliphatic heterocycles. The third-order valence-electron chi connectivity index (χ3n) is 8.75. The summed E-state index contributed by atoms with van der Waals surface area (Å²) in [5, 5.41) is 9.57.